The van der Waals surface area contributed by atoms with Crippen LogP contribution >= 0.6 is 0 Å². The van der Waals surface area contributed by atoms with Crippen LogP contribution in [0, 0.1) is 17.2 Å². The maximum Gasteiger partial charge on any atom is 0.0621 e. The van der Waals surface area contributed by atoms with Crippen LogP contribution in [0.25, 0.3) is 0 Å². The molecule has 0 saturated heterocycles. The second-order valence-corrected chi connectivity index (χ2v) is 3.20. The highest BCUT2D eigenvalue weighted by Gasteiger charge is 2.11. The Labute approximate surface area is 76.8 Å². The van der Waals surface area contributed by atoms with Gasteiger partial charge in [0.25, 0.3) is 0 Å². The van der Waals surface area contributed by atoms with Gasteiger partial charge in [-0.25, -0.2) is 0 Å². The minimum Gasteiger partial charge on any atom is -0.198 e. The van der Waals surface area contributed by atoms with E-state index in [4.69, 9.17) is 5.26 Å². The molecule has 1 saturated carbocycles. The standard InChI is InChI=1S/C9H15N.C2H6/c10-8-4-7-9-5-2-1-3-6-9;1-2/h9H,1-7H2;1-2H3. The second kappa shape index (κ2) is 8.59. The van der Waals surface area contributed by atoms with E-state index in [0.717, 1.165) is 18.8 Å². The Morgan fingerprint density at radius 1 is 1.17 bits per heavy atom. The summed E-state index contributed by atoms with van der Waals surface area (Å²) in [6, 6.07) is 2.21. The lowest BCUT2D eigenvalue weighted by molar-refractivity contribution is 0.342. The van der Waals surface area contributed by atoms with Crippen molar-refractivity contribution < 1.29 is 0 Å². The van der Waals surface area contributed by atoms with Gasteiger partial charge in [-0.2, -0.15) is 5.26 Å². The SMILES string of the molecule is CC.N#CCCC1CCCCC1. The maximum absolute atomic E-state index is 8.35. The fraction of sp³-hybridized carbons (Fsp3) is 0.909. The average molecular weight is 167 g/mol. The van der Waals surface area contributed by atoms with Crippen LogP contribution in [0.5, 0.6) is 0 Å². The summed E-state index contributed by atoms with van der Waals surface area (Å²) in [5, 5.41) is 8.35. The van der Waals surface area contributed by atoms with Crippen molar-refractivity contribution in [3.63, 3.8) is 0 Å². The molecular weight excluding hydrogens is 146 g/mol. The number of nitriles is 1. The smallest absolute Gasteiger partial charge is 0.0621 e. The van der Waals surface area contributed by atoms with Gasteiger partial charge in [0.2, 0.25) is 0 Å². The summed E-state index contributed by atoms with van der Waals surface area (Å²) < 4.78 is 0. The van der Waals surface area contributed by atoms with E-state index >= 15 is 0 Å². The van der Waals surface area contributed by atoms with Gasteiger partial charge in [-0.15, -0.1) is 0 Å². The molecule has 0 unspecified atom stereocenters. The molecule has 1 fully saturated rings. The van der Waals surface area contributed by atoms with Crippen molar-refractivity contribution in [1.82, 2.24) is 0 Å². The molecule has 0 heterocycles. The maximum atomic E-state index is 8.35. The van der Waals surface area contributed by atoms with Crippen LogP contribution in [0.3, 0.4) is 0 Å². The first kappa shape index (κ1) is 11.5. The summed E-state index contributed by atoms with van der Waals surface area (Å²) in [6.45, 7) is 4.00. The molecule has 0 N–H and O–H groups in total. The summed E-state index contributed by atoms with van der Waals surface area (Å²) in [7, 11) is 0. The molecule has 70 valence electrons. The number of hydrogen-bond donors (Lipinski definition) is 0. The highest BCUT2D eigenvalue weighted by Crippen LogP contribution is 2.26. The Hall–Kier alpha value is -0.510. The third-order valence-electron chi connectivity index (χ3n) is 2.39. The van der Waals surface area contributed by atoms with Crippen molar-refractivity contribution in [2.75, 3.05) is 0 Å². The van der Waals surface area contributed by atoms with Gasteiger partial charge in [-0.05, 0) is 12.3 Å². The van der Waals surface area contributed by atoms with Crippen LogP contribution in [0.1, 0.15) is 58.8 Å². The number of hydrogen-bond acceptors (Lipinski definition) is 1. The van der Waals surface area contributed by atoms with Crippen molar-refractivity contribution >= 4 is 0 Å². The topological polar surface area (TPSA) is 23.8 Å². The number of rotatable bonds is 2. The molecule has 0 aromatic heterocycles. The molecule has 0 spiro atoms. The van der Waals surface area contributed by atoms with E-state index in [1.807, 2.05) is 13.8 Å². The third-order valence-corrected chi connectivity index (χ3v) is 2.39. The Morgan fingerprint density at radius 3 is 2.25 bits per heavy atom. The first-order chi connectivity index (χ1) is 5.93. The summed E-state index contributed by atoms with van der Waals surface area (Å²) in [6.07, 6.45) is 8.89. The number of nitrogens with zero attached hydrogens (tertiary/aromatic N) is 1. The van der Waals surface area contributed by atoms with Crippen LogP contribution in [-0.4, -0.2) is 0 Å². The van der Waals surface area contributed by atoms with Crippen LogP contribution in [0.2, 0.25) is 0 Å². The average Bonchev–Trinajstić information content (AvgIpc) is 2.19. The molecule has 1 nitrogen and oxygen atoms in total. The highest BCUT2D eigenvalue weighted by atomic mass is 14.2. The lowest BCUT2D eigenvalue weighted by Crippen LogP contribution is -2.05. The quantitative estimate of drug-likeness (QED) is 0.612. The van der Waals surface area contributed by atoms with Crippen molar-refractivity contribution in [2.24, 2.45) is 5.92 Å². The van der Waals surface area contributed by atoms with Gasteiger partial charge in [0.05, 0.1) is 6.07 Å². The van der Waals surface area contributed by atoms with Crippen molar-refractivity contribution in [3.05, 3.63) is 0 Å². The van der Waals surface area contributed by atoms with Gasteiger partial charge >= 0.3 is 0 Å². The Kier molecular flexibility index (Phi) is 8.22. The van der Waals surface area contributed by atoms with Crippen LogP contribution in [0.15, 0.2) is 0 Å². The predicted octanol–water partition coefficient (Wildman–Crippen LogP) is 3.90. The zero-order chi connectivity index (χ0) is 9.23. The molecule has 0 amide bonds. The monoisotopic (exact) mass is 167 g/mol. The van der Waals surface area contributed by atoms with Gasteiger partial charge in [-0.1, -0.05) is 46.0 Å². The summed E-state index contributed by atoms with van der Waals surface area (Å²) in [5.74, 6) is 0.883. The first-order valence-electron chi connectivity index (χ1n) is 5.30. The van der Waals surface area contributed by atoms with E-state index < -0.39 is 0 Å². The molecule has 1 heteroatoms. The first-order valence-corrected chi connectivity index (χ1v) is 5.30. The van der Waals surface area contributed by atoms with E-state index in [-0.39, 0.29) is 0 Å². The molecule has 1 aliphatic carbocycles. The zero-order valence-corrected chi connectivity index (χ0v) is 8.47. The molecular formula is C11H21N. The van der Waals surface area contributed by atoms with E-state index in [1.54, 1.807) is 0 Å². The summed E-state index contributed by atoms with van der Waals surface area (Å²) >= 11 is 0. The summed E-state index contributed by atoms with van der Waals surface area (Å²) in [5.41, 5.74) is 0. The van der Waals surface area contributed by atoms with Gasteiger partial charge < -0.3 is 0 Å². The fourth-order valence-corrected chi connectivity index (χ4v) is 1.74. The molecule has 1 aliphatic rings. The normalized spacial score (nSPS) is 17.4. The van der Waals surface area contributed by atoms with Gasteiger partial charge in [0.15, 0.2) is 0 Å². The van der Waals surface area contributed by atoms with Gasteiger partial charge in [0.1, 0.15) is 0 Å². The molecule has 0 aromatic rings. The third kappa shape index (κ3) is 5.18. The highest BCUT2D eigenvalue weighted by molar-refractivity contribution is 4.74. The minimum absolute atomic E-state index is 0.769. The van der Waals surface area contributed by atoms with Crippen molar-refractivity contribution in [1.29, 1.82) is 5.26 Å². The molecule has 0 aliphatic heterocycles. The van der Waals surface area contributed by atoms with Crippen LogP contribution in [-0.2, 0) is 0 Å². The lowest BCUT2D eigenvalue weighted by atomic mass is 9.86. The van der Waals surface area contributed by atoms with Gasteiger partial charge in [-0.3, -0.25) is 0 Å². The Bertz CT molecular complexity index is 117. The van der Waals surface area contributed by atoms with E-state index in [2.05, 4.69) is 6.07 Å². The molecule has 0 aromatic carbocycles. The largest absolute Gasteiger partial charge is 0.198 e. The molecule has 0 bridgehead atoms. The van der Waals surface area contributed by atoms with E-state index in [1.165, 1.54) is 32.1 Å². The fourth-order valence-electron chi connectivity index (χ4n) is 1.74. The molecule has 0 radical (unpaired) electrons. The van der Waals surface area contributed by atoms with Crippen molar-refractivity contribution in [3.8, 4) is 6.07 Å². The Balaban J connectivity index is 0.000000561. The molecule has 1 rings (SSSR count). The molecule has 12 heavy (non-hydrogen) atoms. The predicted molar refractivity (Wildman–Crippen MR) is 52.8 cm³/mol. The Morgan fingerprint density at radius 2 is 1.75 bits per heavy atom. The van der Waals surface area contributed by atoms with E-state index in [0.29, 0.717) is 0 Å². The summed E-state index contributed by atoms with van der Waals surface area (Å²) in [4.78, 5) is 0. The van der Waals surface area contributed by atoms with Crippen molar-refractivity contribution in [2.45, 2.75) is 58.8 Å². The van der Waals surface area contributed by atoms with Gasteiger partial charge in [0, 0.05) is 6.42 Å². The lowest BCUT2D eigenvalue weighted by Gasteiger charge is -2.19. The minimum atomic E-state index is 0.769. The zero-order valence-electron chi connectivity index (χ0n) is 8.47. The molecule has 0 atom stereocenters. The van der Waals surface area contributed by atoms with Crippen LogP contribution < -0.4 is 0 Å². The van der Waals surface area contributed by atoms with E-state index in [9.17, 15) is 0 Å². The second-order valence-electron chi connectivity index (χ2n) is 3.20. The van der Waals surface area contributed by atoms with Crippen LogP contribution in [0.4, 0.5) is 0 Å².